The van der Waals surface area contributed by atoms with Gasteiger partial charge in [-0.3, -0.25) is 48.7 Å². The Hall–Kier alpha value is -11.9. The molecular weight excluding hydrogens is 1120 g/mol. The number of carbonyl (C=O) groups is 2. The molecule has 9 aromatic heterocycles. The summed E-state index contributed by atoms with van der Waals surface area (Å²) in [6.45, 7) is 5.27. The lowest BCUT2D eigenvalue weighted by atomic mass is 10.2. The summed E-state index contributed by atoms with van der Waals surface area (Å²) < 4.78 is 32.6. The van der Waals surface area contributed by atoms with Crippen LogP contribution in [0.25, 0.3) is 49.8 Å². The van der Waals surface area contributed by atoms with Crippen molar-refractivity contribution in [2.24, 2.45) is 21.1 Å². The predicted octanol–water partition coefficient (Wildman–Crippen LogP) is 7.58. The van der Waals surface area contributed by atoms with E-state index in [-0.39, 0.29) is 53.2 Å². The molecule has 0 bridgehead atoms. The molecule has 0 radical (unpaired) electrons. The number of anilines is 3. The molecule has 9 heterocycles. The second-order valence-corrected chi connectivity index (χ2v) is 20.6. The second-order valence-electron chi connectivity index (χ2n) is 20.6. The van der Waals surface area contributed by atoms with E-state index in [0.717, 1.165) is 16.6 Å². The molecule has 0 atom stereocenters. The summed E-state index contributed by atoms with van der Waals surface area (Å²) in [5.41, 5.74) is 5.06. The van der Waals surface area contributed by atoms with Crippen LogP contribution in [0.15, 0.2) is 180 Å². The molecule has 0 saturated heterocycles. The summed E-state index contributed by atoms with van der Waals surface area (Å²) in [4.78, 5) is 75.5. The van der Waals surface area contributed by atoms with Gasteiger partial charge in [0.05, 0.1) is 89.4 Å². The van der Waals surface area contributed by atoms with Gasteiger partial charge in [-0.25, -0.2) is 23.6 Å². The van der Waals surface area contributed by atoms with Crippen LogP contribution < -0.4 is 46.4 Å². The number of aromatic nitrogens is 15. The van der Waals surface area contributed by atoms with Crippen molar-refractivity contribution in [1.82, 2.24) is 73.6 Å². The first kappa shape index (κ1) is 56.9. The first-order valence-electron chi connectivity index (χ1n) is 26.8. The third kappa shape index (κ3) is 14.3. The van der Waals surface area contributed by atoms with E-state index < -0.39 is 17.7 Å². The van der Waals surface area contributed by atoms with Crippen LogP contribution in [-0.4, -0.2) is 91.4 Å². The minimum Gasteiger partial charge on any atom is -0.487 e. The molecule has 3 aromatic carbocycles. The molecule has 3 N–H and O–H groups in total. The monoisotopic (exact) mass is 1170 g/mol. The Morgan fingerprint density at radius 3 is 1.09 bits per heavy atom. The van der Waals surface area contributed by atoms with Gasteiger partial charge in [0.1, 0.15) is 76.8 Å². The zero-order valence-electron chi connectivity index (χ0n) is 47.6. The zero-order chi connectivity index (χ0) is 60.8. The standard InChI is InChI=1S/C37H30N12O5.C23H24N6O4/c1-46-19-27(17-40-46)48-9-7-35(50)33(44-48)21-53-29-3-5-31-23(13-29)11-25(15-38-31)42-37(52)43-26-12-24-14-30(4-6-32(24)39-16-26)54-22-34-36(51)8-10-49(45-34)28-18-41-47(2)20-28;1-23(2,3)33-22(31)26-16-9-15-10-18(5-6-19(15)24-11-16)32-14-20-21(30)7-8-29(27-20)17-12-25-28(4)13-17/h3-20H,21-22H2,1-2H3,(H2,42,43,52);5-13H,14H2,1-4H3,(H,26,31). The van der Waals surface area contributed by atoms with E-state index in [2.05, 4.69) is 61.5 Å². The van der Waals surface area contributed by atoms with Gasteiger partial charge in [0, 0.05) is 74.1 Å². The number of fused-ring (bicyclic) bond motifs is 3. The van der Waals surface area contributed by atoms with E-state index in [4.69, 9.17) is 18.9 Å². The quantitative estimate of drug-likeness (QED) is 0.0890. The van der Waals surface area contributed by atoms with E-state index in [0.29, 0.717) is 67.5 Å². The van der Waals surface area contributed by atoms with Gasteiger partial charge in [-0.15, -0.1) is 0 Å². The maximum absolute atomic E-state index is 13.0. The number of rotatable bonds is 15. The number of amides is 3. The van der Waals surface area contributed by atoms with Crippen LogP contribution in [0.4, 0.5) is 26.7 Å². The number of pyridine rings is 3. The first-order valence-corrected chi connectivity index (χ1v) is 26.8. The van der Waals surface area contributed by atoms with Crippen LogP contribution in [0.1, 0.15) is 37.9 Å². The van der Waals surface area contributed by atoms with Crippen molar-refractivity contribution in [1.29, 1.82) is 0 Å². The summed E-state index contributed by atoms with van der Waals surface area (Å²) in [5, 5.41) is 36.0. The maximum atomic E-state index is 13.0. The highest BCUT2D eigenvalue weighted by atomic mass is 16.6. The van der Waals surface area contributed by atoms with Crippen molar-refractivity contribution >= 4 is 61.9 Å². The molecule has 0 saturated carbocycles. The summed E-state index contributed by atoms with van der Waals surface area (Å²) in [6.07, 6.45) is 19.1. The number of carbonyl (C=O) groups excluding carboxylic acids is 2. The number of ether oxygens (including phenoxy) is 4. The molecule has 12 aromatic rings. The molecule has 27 nitrogen and oxygen atoms in total. The average Bonchev–Trinajstić information content (AvgIpc) is 4.30. The fraction of sp³-hybridized carbons (Fsp3) is 0.167. The molecule has 0 spiro atoms. The Labute approximate surface area is 493 Å². The van der Waals surface area contributed by atoms with Crippen LogP contribution >= 0.6 is 0 Å². The van der Waals surface area contributed by atoms with Crippen molar-refractivity contribution in [2.45, 2.75) is 46.2 Å². The van der Waals surface area contributed by atoms with Gasteiger partial charge in [0.15, 0.2) is 0 Å². The molecule has 0 fully saturated rings. The van der Waals surface area contributed by atoms with E-state index >= 15 is 0 Å². The van der Waals surface area contributed by atoms with E-state index in [1.54, 1.807) is 217 Å². The number of benzene rings is 3. The minimum absolute atomic E-state index is 0.00524. The highest BCUT2D eigenvalue weighted by molar-refractivity contribution is 6.01. The Kier molecular flexibility index (Phi) is 16.0. The molecule has 0 unspecified atom stereocenters. The Morgan fingerprint density at radius 1 is 0.448 bits per heavy atom. The van der Waals surface area contributed by atoms with Gasteiger partial charge < -0.3 is 29.6 Å². The van der Waals surface area contributed by atoms with E-state index in [1.165, 1.54) is 18.2 Å². The maximum Gasteiger partial charge on any atom is 0.412 e. The van der Waals surface area contributed by atoms with Crippen LogP contribution in [0.5, 0.6) is 17.2 Å². The lowest BCUT2D eigenvalue weighted by Crippen LogP contribution is -2.27. The number of hydrogen-bond acceptors (Lipinski definition) is 18. The highest BCUT2D eigenvalue weighted by Crippen LogP contribution is 2.27. The van der Waals surface area contributed by atoms with Crippen LogP contribution in [0.3, 0.4) is 0 Å². The largest absolute Gasteiger partial charge is 0.487 e. The summed E-state index contributed by atoms with van der Waals surface area (Å²) in [5.74, 6) is 1.53. The van der Waals surface area contributed by atoms with Crippen LogP contribution in [0.2, 0.25) is 0 Å². The molecule has 87 heavy (non-hydrogen) atoms. The molecule has 0 aliphatic heterocycles. The van der Waals surface area contributed by atoms with Gasteiger partial charge in [-0.05, 0) is 93.6 Å². The first-order chi connectivity index (χ1) is 41.9. The SMILES string of the molecule is Cn1cc(-n2ccc(=O)c(COc3ccc4ncc(NC(=O)Nc5cnc6ccc(OCc7nn(-c8cnn(C)c8)ccc7=O)cc6c5)cc4c3)n2)cn1.Cn1cc(-n2ccc(=O)c(COc3ccc4ncc(NC(=O)OC(C)(C)C)cc4c3)n2)cn1. The summed E-state index contributed by atoms with van der Waals surface area (Å²) in [7, 11) is 5.40. The predicted molar refractivity (Wildman–Crippen MR) is 321 cm³/mol. The van der Waals surface area contributed by atoms with Gasteiger partial charge >= 0.3 is 12.1 Å². The number of aryl methyl sites for hydroxylation is 3. The van der Waals surface area contributed by atoms with Gasteiger partial charge in [0.2, 0.25) is 16.3 Å². The van der Waals surface area contributed by atoms with Gasteiger partial charge in [-0.2, -0.15) is 30.6 Å². The van der Waals surface area contributed by atoms with Crippen molar-refractivity contribution in [2.75, 3.05) is 16.0 Å². The number of urea groups is 1. The molecule has 27 heteroatoms. The summed E-state index contributed by atoms with van der Waals surface area (Å²) in [6, 6.07) is 25.1. The van der Waals surface area contributed by atoms with Crippen LogP contribution in [-0.2, 0) is 45.7 Å². The van der Waals surface area contributed by atoms with Gasteiger partial charge in [-0.1, -0.05) is 0 Å². The van der Waals surface area contributed by atoms with E-state index in [9.17, 15) is 24.0 Å². The number of hydrogen-bond donors (Lipinski definition) is 3. The Bertz CT molecular complexity index is 4540. The lowest BCUT2D eigenvalue weighted by molar-refractivity contribution is 0.0635. The number of nitrogens with zero attached hydrogens (tertiary/aromatic N) is 15. The normalized spacial score (nSPS) is 11.2. The molecular formula is C60H54N18O9. The Morgan fingerprint density at radius 2 is 0.782 bits per heavy atom. The topological polar surface area (TPSA) is 304 Å². The van der Waals surface area contributed by atoms with Crippen molar-refractivity contribution in [3.63, 3.8) is 0 Å². The molecule has 0 aliphatic carbocycles. The highest BCUT2D eigenvalue weighted by Gasteiger charge is 2.18. The molecule has 0 aliphatic rings. The van der Waals surface area contributed by atoms with Crippen LogP contribution in [0, 0.1) is 0 Å². The zero-order valence-corrected chi connectivity index (χ0v) is 47.6. The second kappa shape index (κ2) is 24.5. The number of nitrogens with one attached hydrogen (secondary N) is 3. The smallest absolute Gasteiger partial charge is 0.412 e. The van der Waals surface area contributed by atoms with E-state index in [1.807, 2.05) is 0 Å². The fourth-order valence-electron chi connectivity index (χ4n) is 8.63. The minimum atomic E-state index is -0.601. The molecule has 438 valence electrons. The third-order valence-electron chi connectivity index (χ3n) is 12.8. The van der Waals surface area contributed by atoms with Gasteiger partial charge in [0.25, 0.3) is 0 Å². The fourth-order valence-corrected chi connectivity index (χ4v) is 8.63. The Balaban J connectivity index is 0.000000203. The lowest BCUT2D eigenvalue weighted by Gasteiger charge is -2.19. The van der Waals surface area contributed by atoms with Crippen molar-refractivity contribution in [3.8, 4) is 34.3 Å². The molecule has 3 amide bonds. The molecule has 12 rings (SSSR count). The van der Waals surface area contributed by atoms with Crippen molar-refractivity contribution in [3.05, 3.63) is 213 Å². The average molecular weight is 1170 g/mol. The van der Waals surface area contributed by atoms with Crippen molar-refractivity contribution < 1.29 is 28.5 Å². The summed E-state index contributed by atoms with van der Waals surface area (Å²) >= 11 is 0. The third-order valence-corrected chi connectivity index (χ3v) is 12.8.